The number of nitrogens with one attached hydrogen (secondary N) is 1. The van der Waals surface area contributed by atoms with E-state index < -0.39 is 10.0 Å². The minimum absolute atomic E-state index is 0.235. The quantitative estimate of drug-likeness (QED) is 0.799. The summed E-state index contributed by atoms with van der Waals surface area (Å²) in [6.07, 6.45) is 1.61. The maximum absolute atomic E-state index is 12.3. The molecule has 0 aliphatic rings. The lowest BCUT2D eigenvalue weighted by Crippen LogP contribution is -2.12. The summed E-state index contributed by atoms with van der Waals surface area (Å²) < 4.78 is 28.9. The molecule has 1 heterocycles. The van der Waals surface area contributed by atoms with Crippen LogP contribution < -0.4 is 4.72 Å². The molecule has 0 radical (unpaired) electrons. The number of rotatable bonds is 4. The van der Waals surface area contributed by atoms with E-state index in [0.717, 1.165) is 11.3 Å². The van der Waals surface area contributed by atoms with Crippen molar-refractivity contribution in [3.63, 3.8) is 0 Å². The van der Waals surface area contributed by atoms with E-state index in [4.69, 9.17) is 0 Å². The van der Waals surface area contributed by atoms with Gasteiger partial charge in [0.1, 0.15) is 12.2 Å². The van der Waals surface area contributed by atoms with Gasteiger partial charge in [0.15, 0.2) is 0 Å². The van der Waals surface area contributed by atoms with Gasteiger partial charge in [-0.2, -0.15) is 5.10 Å². The van der Waals surface area contributed by atoms with Crippen LogP contribution in [-0.2, 0) is 10.0 Å². The van der Waals surface area contributed by atoms with Gasteiger partial charge < -0.3 is 0 Å². The molecular weight excluding hydrogens is 312 g/mol. The number of aryl methyl sites for hydroxylation is 2. The van der Waals surface area contributed by atoms with Gasteiger partial charge in [-0.1, -0.05) is 17.7 Å². The fraction of sp³-hybridized carbons (Fsp3) is 0.125. The fourth-order valence-corrected chi connectivity index (χ4v) is 3.14. The molecule has 7 heteroatoms. The predicted octanol–water partition coefficient (Wildman–Crippen LogP) is 2.68. The van der Waals surface area contributed by atoms with Gasteiger partial charge in [0.25, 0.3) is 10.0 Å². The number of hydrogen-bond donors (Lipinski definition) is 1. The van der Waals surface area contributed by atoms with Crippen molar-refractivity contribution in [2.45, 2.75) is 18.7 Å². The first-order valence-corrected chi connectivity index (χ1v) is 8.50. The van der Waals surface area contributed by atoms with Gasteiger partial charge >= 0.3 is 0 Å². The number of nitrogens with zero attached hydrogens (tertiary/aromatic N) is 3. The minimum atomic E-state index is -3.59. The van der Waals surface area contributed by atoms with E-state index in [2.05, 4.69) is 14.8 Å². The van der Waals surface area contributed by atoms with Crippen molar-refractivity contribution in [1.29, 1.82) is 0 Å². The van der Waals surface area contributed by atoms with Gasteiger partial charge in [0, 0.05) is 5.69 Å². The summed E-state index contributed by atoms with van der Waals surface area (Å²) in [6, 6.07) is 13.7. The Kier molecular flexibility index (Phi) is 3.87. The third-order valence-electron chi connectivity index (χ3n) is 3.32. The summed E-state index contributed by atoms with van der Waals surface area (Å²) >= 11 is 0. The van der Waals surface area contributed by atoms with Gasteiger partial charge in [-0.15, -0.1) is 0 Å². The normalized spacial score (nSPS) is 11.4. The van der Waals surface area contributed by atoms with E-state index in [1.54, 1.807) is 66.5 Å². The molecule has 1 N–H and O–H groups in total. The van der Waals surface area contributed by atoms with Gasteiger partial charge in [0.05, 0.1) is 10.6 Å². The Hall–Kier alpha value is -2.67. The highest BCUT2D eigenvalue weighted by molar-refractivity contribution is 7.92. The smallest absolute Gasteiger partial charge is 0.261 e. The van der Waals surface area contributed by atoms with E-state index in [1.165, 1.54) is 0 Å². The molecule has 0 aliphatic heterocycles. The fourth-order valence-electron chi connectivity index (χ4n) is 2.08. The number of hydrogen-bond acceptors (Lipinski definition) is 4. The molecule has 0 spiro atoms. The Bertz CT molecular complexity index is 913. The zero-order valence-corrected chi connectivity index (χ0v) is 13.6. The van der Waals surface area contributed by atoms with Crippen molar-refractivity contribution in [3.05, 3.63) is 66.2 Å². The van der Waals surface area contributed by atoms with Crippen LogP contribution in [0.5, 0.6) is 0 Å². The van der Waals surface area contributed by atoms with E-state index in [-0.39, 0.29) is 4.90 Å². The molecule has 0 amide bonds. The van der Waals surface area contributed by atoms with Crippen LogP contribution in [0, 0.1) is 13.8 Å². The largest absolute Gasteiger partial charge is 0.280 e. The van der Waals surface area contributed by atoms with Crippen molar-refractivity contribution < 1.29 is 8.42 Å². The highest BCUT2D eigenvalue weighted by Gasteiger charge is 2.13. The molecule has 0 unspecified atom stereocenters. The van der Waals surface area contributed by atoms with Crippen LogP contribution in [0.2, 0.25) is 0 Å². The molecule has 2 aromatic carbocycles. The minimum Gasteiger partial charge on any atom is -0.280 e. The lowest BCUT2D eigenvalue weighted by Gasteiger charge is -2.09. The Morgan fingerprint density at radius 1 is 0.957 bits per heavy atom. The van der Waals surface area contributed by atoms with Crippen LogP contribution in [0.25, 0.3) is 5.69 Å². The molecule has 0 aliphatic carbocycles. The van der Waals surface area contributed by atoms with Crippen molar-refractivity contribution in [3.8, 4) is 5.69 Å². The average molecular weight is 328 g/mol. The first-order valence-electron chi connectivity index (χ1n) is 7.02. The predicted molar refractivity (Wildman–Crippen MR) is 88.1 cm³/mol. The maximum Gasteiger partial charge on any atom is 0.261 e. The number of aromatic nitrogens is 3. The number of benzene rings is 2. The second-order valence-corrected chi connectivity index (χ2v) is 6.88. The van der Waals surface area contributed by atoms with Crippen LogP contribution in [0.1, 0.15) is 11.4 Å². The Morgan fingerprint density at radius 3 is 2.17 bits per heavy atom. The number of anilines is 1. The van der Waals surface area contributed by atoms with Crippen LogP contribution in [0.15, 0.2) is 59.8 Å². The van der Waals surface area contributed by atoms with Gasteiger partial charge in [-0.25, -0.2) is 18.1 Å². The molecule has 0 saturated carbocycles. The molecular formula is C16H16N4O2S. The van der Waals surface area contributed by atoms with Crippen molar-refractivity contribution >= 4 is 15.7 Å². The van der Waals surface area contributed by atoms with Crippen LogP contribution in [0.4, 0.5) is 5.69 Å². The van der Waals surface area contributed by atoms with Gasteiger partial charge in [-0.05, 0) is 50.2 Å². The highest BCUT2D eigenvalue weighted by atomic mass is 32.2. The third-order valence-corrected chi connectivity index (χ3v) is 4.72. The first-order chi connectivity index (χ1) is 10.9. The summed E-state index contributed by atoms with van der Waals surface area (Å²) in [7, 11) is -3.59. The van der Waals surface area contributed by atoms with Crippen LogP contribution in [0.3, 0.4) is 0 Å². The highest BCUT2D eigenvalue weighted by Crippen LogP contribution is 2.18. The SMILES string of the molecule is Cc1ccc(S(=O)(=O)Nc2ccc(-n3cnc(C)n3)cc2)cc1. The molecule has 1 aromatic heterocycles. The lowest BCUT2D eigenvalue weighted by atomic mass is 10.2. The standard InChI is InChI=1S/C16H16N4O2S/c1-12-3-9-16(10-4-12)23(21,22)19-14-5-7-15(8-6-14)20-11-17-13(2)18-20/h3-11,19H,1-2H3. The summed E-state index contributed by atoms with van der Waals surface area (Å²) in [4.78, 5) is 4.30. The van der Waals surface area contributed by atoms with E-state index in [9.17, 15) is 8.42 Å². The van der Waals surface area contributed by atoms with Crippen molar-refractivity contribution in [2.75, 3.05) is 4.72 Å². The number of sulfonamides is 1. The summed E-state index contributed by atoms with van der Waals surface area (Å²) in [6.45, 7) is 3.72. The molecule has 0 fully saturated rings. The van der Waals surface area contributed by atoms with E-state index >= 15 is 0 Å². The average Bonchev–Trinajstić information content (AvgIpc) is 2.95. The summed E-state index contributed by atoms with van der Waals surface area (Å²) in [5, 5.41) is 4.21. The molecule has 0 atom stereocenters. The topological polar surface area (TPSA) is 76.9 Å². The first kappa shape index (κ1) is 15.2. The van der Waals surface area contributed by atoms with Crippen molar-refractivity contribution in [1.82, 2.24) is 14.8 Å². The summed E-state index contributed by atoms with van der Waals surface area (Å²) in [5.41, 5.74) is 2.31. The molecule has 6 nitrogen and oxygen atoms in total. The molecule has 0 saturated heterocycles. The Labute approximate surface area is 134 Å². The molecule has 3 rings (SSSR count). The van der Waals surface area contributed by atoms with Gasteiger partial charge in [0.2, 0.25) is 0 Å². The maximum atomic E-state index is 12.3. The van der Waals surface area contributed by atoms with Gasteiger partial charge in [-0.3, -0.25) is 4.72 Å². The zero-order valence-electron chi connectivity index (χ0n) is 12.8. The monoisotopic (exact) mass is 328 g/mol. The molecule has 23 heavy (non-hydrogen) atoms. The van der Waals surface area contributed by atoms with E-state index in [1.807, 2.05) is 6.92 Å². The molecule has 3 aromatic rings. The van der Waals surface area contributed by atoms with Crippen molar-refractivity contribution in [2.24, 2.45) is 0 Å². The second-order valence-electron chi connectivity index (χ2n) is 5.20. The Balaban J connectivity index is 1.81. The molecule has 0 bridgehead atoms. The molecule has 118 valence electrons. The Morgan fingerprint density at radius 2 is 1.61 bits per heavy atom. The third kappa shape index (κ3) is 3.40. The summed E-state index contributed by atoms with van der Waals surface area (Å²) in [5.74, 6) is 0.675. The van der Waals surface area contributed by atoms with Crippen LogP contribution >= 0.6 is 0 Å². The second kappa shape index (κ2) is 5.85. The van der Waals surface area contributed by atoms with E-state index in [0.29, 0.717) is 11.5 Å². The lowest BCUT2D eigenvalue weighted by molar-refractivity contribution is 0.601. The zero-order chi connectivity index (χ0) is 16.4. The van der Waals surface area contributed by atoms with Crippen LogP contribution in [-0.4, -0.2) is 23.2 Å².